The van der Waals surface area contributed by atoms with Crippen molar-refractivity contribution in [2.24, 2.45) is 4.99 Å². The fourth-order valence-electron chi connectivity index (χ4n) is 3.73. The lowest BCUT2D eigenvalue weighted by Gasteiger charge is -2.26. The van der Waals surface area contributed by atoms with Crippen molar-refractivity contribution >= 4 is 35.8 Å². The van der Waals surface area contributed by atoms with Crippen molar-refractivity contribution < 1.29 is 9.53 Å². The van der Waals surface area contributed by atoms with Crippen LogP contribution in [0.5, 0.6) is 0 Å². The van der Waals surface area contributed by atoms with E-state index in [-0.39, 0.29) is 41.4 Å². The average molecular weight is 565 g/mol. The Morgan fingerprint density at radius 2 is 1.88 bits per heavy atom. The van der Waals surface area contributed by atoms with Gasteiger partial charge in [-0.05, 0) is 43.0 Å². The average Bonchev–Trinajstić information content (AvgIpc) is 3.34. The van der Waals surface area contributed by atoms with E-state index < -0.39 is 0 Å². The van der Waals surface area contributed by atoms with Gasteiger partial charge in [0.1, 0.15) is 0 Å². The SMILES string of the molecule is CCNC(=NCc1cccc(C(=O)NCC2CCCO2)c1)NCC(C)(C)c1ccccc1.I. The number of nitrogens with zero attached hydrogens (tertiary/aromatic N) is 1. The number of nitrogens with one attached hydrogen (secondary N) is 3. The van der Waals surface area contributed by atoms with Crippen LogP contribution < -0.4 is 16.0 Å². The Kier molecular flexibility index (Phi) is 11.1. The topological polar surface area (TPSA) is 74.8 Å². The van der Waals surface area contributed by atoms with Gasteiger partial charge in [0.25, 0.3) is 5.91 Å². The fourth-order valence-corrected chi connectivity index (χ4v) is 3.73. The van der Waals surface area contributed by atoms with Crippen molar-refractivity contribution in [3.63, 3.8) is 0 Å². The number of benzene rings is 2. The monoisotopic (exact) mass is 564 g/mol. The summed E-state index contributed by atoms with van der Waals surface area (Å²) in [5, 5.41) is 9.76. The third-order valence-corrected chi connectivity index (χ3v) is 5.72. The number of aliphatic imine (C=N–C) groups is 1. The van der Waals surface area contributed by atoms with Crippen LogP contribution in [0.25, 0.3) is 0 Å². The minimum atomic E-state index is -0.0685. The van der Waals surface area contributed by atoms with E-state index in [1.165, 1.54) is 5.56 Å². The maximum absolute atomic E-state index is 12.5. The van der Waals surface area contributed by atoms with E-state index in [9.17, 15) is 4.79 Å². The first-order chi connectivity index (χ1) is 15.5. The lowest BCUT2D eigenvalue weighted by atomic mass is 9.85. The molecule has 3 rings (SSSR count). The first kappa shape index (κ1) is 27.1. The molecule has 7 heteroatoms. The maximum Gasteiger partial charge on any atom is 0.251 e. The van der Waals surface area contributed by atoms with E-state index >= 15 is 0 Å². The van der Waals surface area contributed by atoms with E-state index in [4.69, 9.17) is 9.73 Å². The third kappa shape index (κ3) is 8.62. The molecule has 1 saturated heterocycles. The standard InChI is InChI=1S/C26H36N4O2.HI/c1-4-27-25(30-19-26(2,3)22-12-6-5-7-13-22)29-17-20-10-8-11-21(16-20)24(31)28-18-23-14-9-15-32-23;/h5-8,10-13,16,23H,4,9,14-15,17-19H2,1-3H3,(H,28,31)(H2,27,29,30);1H. The van der Waals surface area contributed by atoms with E-state index in [1.807, 2.05) is 30.3 Å². The second kappa shape index (κ2) is 13.5. The number of guanidine groups is 1. The molecule has 0 spiro atoms. The summed E-state index contributed by atoms with van der Waals surface area (Å²) in [4.78, 5) is 17.2. The van der Waals surface area contributed by atoms with E-state index in [0.29, 0.717) is 18.7 Å². The Hall–Kier alpha value is -2.13. The zero-order chi connectivity index (χ0) is 22.8. The second-order valence-corrected chi connectivity index (χ2v) is 8.84. The van der Waals surface area contributed by atoms with Gasteiger partial charge < -0.3 is 20.7 Å². The van der Waals surface area contributed by atoms with Crippen LogP contribution in [-0.4, -0.2) is 44.2 Å². The molecule has 1 aliphatic heterocycles. The molecule has 1 atom stereocenters. The quantitative estimate of drug-likeness (QED) is 0.242. The predicted octanol–water partition coefficient (Wildman–Crippen LogP) is 4.25. The number of ether oxygens (including phenoxy) is 1. The summed E-state index contributed by atoms with van der Waals surface area (Å²) in [5.74, 6) is 0.700. The molecule has 3 N–H and O–H groups in total. The van der Waals surface area contributed by atoms with Crippen LogP contribution >= 0.6 is 24.0 Å². The largest absolute Gasteiger partial charge is 0.376 e. The highest BCUT2D eigenvalue weighted by atomic mass is 127. The first-order valence-electron chi connectivity index (χ1n) is 11.5. The van der Waals surface area contributed by atoms with Crippen LogP contribution in [-0.2, 0) is 16.7 Å². The van der Waals surface area contributed by atoms with Crippen LogP contribution in [0.1, 0.15) is 55.1 Å². The van der Waals surface area contributed by atoms with Crippen LogP contribution in [0.3, 0.4) is 0 Å². The fraction of sp³-hybridized carbons (Fsp3) is 0.462. The number of carbonyl (C=O) groups excluding carboxylic acids is 1. The summed E-state index contributed by atoms with van der Waals surface area (Å²) < 4.78 is 5.58. The summed E-state index contributed by atoms with van der Waals surface area (Å²) in [6, 6.07) is 18.1. The van der Waals surface area contributed by atoms with Crippen molar-refractivity contribution in [2.75, 3.05) is 26.2 Å². The number of hydrogen-bond donors (Lipinski definition) is 3. The number of amides is 1. The Labute approximate surface area is 215 Å². The molecule has 0 saturated carbocycles. The van der Waals surface area contributed by atoms with Gasteiger partial charge in [0.15, 0.2) is 5.96 Å². The predicted molar refractivity (Wildman–Crippen MR) is 145 cm³/mol. The van der Waals surface area contributed by atoms with Crippen molar-refractivity contribution in [1.29, 1.82) is 0 Å². The minimum absolute atomic E-state index is 0. The van der Waals surface area contributed by atoms with E-state index in [1.54, 1.807) is 0 Å². The summed E-state index contributed by atoms with van der Waals surface area (Å²) in [6.07, 6.45) is 2.22. The van der Waals surface area contributed by atoms with Crippen molar-refractivity contribution in [2.45, 2.75) is 51.7 Å². The normalized spacial score (nSPS) is 16.1. The second-order valence-electron chi connectivity index (χ2n) is 8.84. The van der Waals surface area contributed by atoms with E-state index in [2.05, 4.69) is 61.0 Å². The highest BCUT2D eigenvalue weighted by Crippen LogP contribution is 2.21. The van der Waals surface area contributed by atoms with Crippen molar-refractivity contribution in [3.8, 4) is 0 Å². The molecule has 1 unspecified atom stereocenters. The molecule has 1 fully saturated rings. The van der Waals surface area contributed by atoms with Gasteiger partial charge in [0, 0.05) is 37.2 Å². The number of halogens is 1. The molecule has 1 aliphatic rings. The Morgan fingerprint density at radius 3 is 2.58 bits per heavy atom. The molecule has 180 valence electrons. The molecule has 6 nitrogen and oxygen atoms in total. The number of rotatable bonds is 9. The van der Waals surface area contributed by atoms with E-state index in [0.717, 1.165) is 44.1 Å². The zero-order valence-corrected chi connectivity index (χ0v) is 22.2. The smallest absolute Gasteiger partial charge is 0.251 e. The highest BCUT2D eigenvalue weighted by molar-refractivity contribution is 14.0. The summed E-state index contributed by atoms with van der Waals surface area (Å²) >= 11 is 0. The van der Waals surface area contributed by atoms with Crippen molar-refractivity contribution in [3.05, 3.63) is 71.3 Å². The van der Waals surface area contributed by atoms with Gasteiger partial charge in [0.2, 0.25) is 0 Å². The van der Waals surface area contributed by atoms with Gasteiger partial charge in [0.05, 0.1) is 12.6 Å². The lowest BCUT2D eigenvalue weighted by molar-refractivity contribution is 0.0857. The van der Waals surface area contributed by atoms with Crippen LogP contribution in [0.4, 0.5) is 0 Å². The Balaban J connectivity index is 0.00000385. The molecule has 33 heavy (non-hydrogen) atoms. The van der Waals surface area contributed by atoms with Gasteiger partial charge in [-0.2, -0.15) is 0 Å². The molecular formula is C26H37IN4O2. The van der Waals surface area contributed by atoms with Gasteiger partial charge in [-0.25, -0.2) is 4.99 Å². The minimum Gasteiger partial charge on any atom is -0.376 e. The summed E-state index contributed by atoms with van der Waals surface area (Å²) in [6.45, 7) is 9.88. The van der Waals surface area contributed by atoms with Gasteiger partial charge in [-0.1, -0.05) is 56.3 Å². The molecule has 2 aromatic rings. The molecular weight excluding hydrogens is 527 g/mol. The highest BCUT2D eigenvalue weighted by Gasteiger charge is 2.20. The number of hydrogen-bond acceptors (Lipinski definition) is 3. The molecule has 0 aromatic heterocycles. The Morgan fingerprint density at radius 1 is 1.09 bits per heavy atom. The molecule has 0 aliphatic carbocycles. The molecule has 1 amide bonds. The van der Waals surface area contributed by atoms with Crippen LogP contribution in [0.15, 0.2) is 59.6 Å². The maximum atomic E-state index is 12.5. The number of carbonyl (C=O) groups is 1. The van der Waals surface area contributed by atoms with Gasteiger partial charge >= 0.3 is 0 Å². The summed E-state index contributed by atoms with van der Waals surface area (Å²) in [7, 11) is 0. The zero-order valence-electron chi connectivity index (χ0n) is 19.9. The molecule has 1 heterocycles. The summed E-state index contributed by atoms with van der Waals surface area (Å²) in [5.41, 5.74) is 2.90. The van der Waals surface area contributed by atoms with Crippen LogP contribution in [0, 0.1) is 0 Å². The van der Waals surface area contributed by atoms with Crippen molar-refractivity contribution in [1.82, 2.24) is 16.0 Å². The first-order valence-corrected chi connectivity index (χ1v) is 11.5. The Bertz CT molecular complexity index is 896. The lowest BCUT2D eigenvalue weighted by Crippen LogP contribution is -2.43. The van der Waals surface area contributed by atoms with Gasteiger partial charge in [-0.3, -0.25) is 4.79 Å². The molecule has 0 radical (unpaired) electrons. The van der Waals surface area contributed by atoms with Gasteiger partial charge in [-0.15, -0.1) is 24.0 Å². The molecule has 2 aromatic carbocycles. The van der Waals surface area contributed by atoms with Crippen LogP contribution in [0.2, 0.25) is 0 Å². The third-order valence-electron chi connectivity index (χ3n) is 5.72. The molecule has 0 bridgehead atoms.